The van der Waals surface area contributed by atoms with Crippen molar-refractivity contribution >= 4 is 16.9 Å². The molecular formula is C14H23N5. The van der Waals surface area contributed by atoms with Gasteiger partial charge in [0.15, 0.2) is 5.65 Å². The maximum Gasteiger partial charge on any atom is 0.163 e. The zero-order valence-electron chi connectivity index (χ0n) is 12.1. The van der Waals surface area contributed by atoms with Crippen molar-refractivity contribution in [2.45, 2.75) is 52.0 Å². The molecule has 2 aromatic rings. The lowest BCUT2D eigenvalue weighted by atomic mass is 10.1. The van der Waals surface area contributed by atoms with Crippen molar-refractivity contribution < 1.29 is 0 Å². The lowest BCUT2D eigenvalue weighted by Crippen LogP contribution is -2.16. The lowest BCUT2D eigenvalue weighted by molar-refractivity contribution is 0.593. The van der Waals surface area contributed by atoms with Crippen LogP contribution in [0.15, 0.2) is 12.5 Å². The SMILES string of the molecule is CCCCCCC(C)Nc1ncnc2c1cnn2C. The molecule has 2 rings (SSSR count). The number of nitrogens with one attached hydrogen (secondary N) is 1. The highest BCUT2D eigenvalue weighted by atomic mass is 15.3. The molecule has 0 aliphatic heterocycles. The molecule has 0 bridgehead atoms. The number of nitrogens with zero attached hydrogens (tertiary/aromatic N) is 4. The summed E-state index contributed by atoms with van der Waals surface area (Å²) in [6.07, 6.45) is 9.78. The van der Waals surface area contributed by atoms with Crippen LogP contribution >= 0.6 is 0 Å². The van der Waals surface area contributed by atoms with E-state index in [9.17, 15) is 0 Å². The van der Waals surface area contributed by atoms with Gasteiger partial charge in [-0.15, -0.1) is 0 Å². The Labute approximate surface area is 114 Å². The highest BCUT2D eigenvalue weighted by molar-refractivity contribution is 5.86. The maximum absolute atomic E-state index is 4.33. The molecule has 104 valence electrons. The van der Waals surface area contributed by atoms with Crippen molar-refractivity contribution in [2.24, 2.45) is 7.05 Å². The average molecular weight is 261 g/mol. The maximum atomic E-state index is 4.33. The van der Waals surface area contributed by atoms with E-state index < -0.39 is 0 Å². The number of fused-ring (bicyclic) bond motifs is 1. The molecule has 1 unspecified atom stereocenters. The minimum Gasteiger partial charge on any atom is -0.367 e. The molecule has 1 N–H and O–H groups in total. The molecule has 5 nitrogen and oxygen atoms in total. The van der Waals surface area contributed by atoms with E-state index in [1.54, 1.807) is 11.0 Å². The number of unbranched alkanes of at least 4 members (excludes halogenated alkanes) is 3. The minimum atomic E-state index is 0.426. The van der Waals surface area contributed by atoms with Crippen molar-refractivity contribution in [2.75, 3.05) is 5.32 Å². The van der Waals surface area contributed by atoms with Crippen LogP contribution in [0.5, 0.6) is 0 Å². The fourth-order valence-electron chi connectivity index (χ4n) is 2.26. The van der Waals surface area contributed by atoms with Crippen molar-refractivity contribution in [3.05, 3.63) is 12.5 Å². The van der Waals surface area contributed by atoms with Crippen molar-refractivity contribution in [3.8, 4) is 0 Å². The standard InChI is InChI=1S/C14H23N5/c1-4-5-6-7-8-11(2)18-13-12-9-17-19(3)14(12)16-10-15-13/h9-11H,4-8H2,1-3H3,(H,15,16,18). The quantitative estimate of drug-likeness (QED) is 0.778. The summed E-state index contributed by atoms with van der Waals surface area (Å²) in [6, 6.07) is 0.426. The van der Waals surface area contributed by atoms with Gasteiger partial charge in [0.25, 0.3) is 0 Å². The molecule has 2 heterocycles. The van der Waals surface area contributed by atoms with Gasteiger partial charge in [-0.1, -0.05) is 32.6 Å². The first kappa shape index (κ1) is 13.8. The van der Waals surface area contributed by atoms with Crippen LogP contribution in [0.3, 0.4) is 0 Å². The molecule has 0 fully saturated rings. The summed E-state index contributed by atoms with van der Waals surface area (Å²) in [6.45, 7) is 4.44. The van der Waals surface area contributed by atoms with Crippen LogP contribution in [-0.2, 0) is 7.05 Å². The Morgan fingerprint density at radius 3 is 2.89 bits per heavy atom. The molecule has 0 saturated carbocycles. The van der Waals surface area contributed by atoms with E-state index in [0.717, 1.165) is 16.9 Å². The van der Waals surface area contributed by atoms with Crippen molar-refractivity contribution in [3.63, 3.8) is 0 Å². The summed E-state index contributed by atoms with van der Waals surface area (Å²) in [4.78, 5) is 8.57. The van der Waals surface area contributed by atoms with E-state index in [4.69, 9.17) is 0 Å². The van der Waals surface area contributed by atoms with Gasteiger partial charge in [-0.25, -0.2) is 9.97 Å². The molecular weight excluding hydrogens is 238 g/mol. The molecule has 0 radical (unpaired) electrons. The zero-order chi connectivity index (χ0) is 13.7. The molecule has 0 spiro atoms. The van der Waals surface area contributed by atoms with Crippen LogP contribution in [0, 0.1) is 0 Å². The Balaban J connectivity index is 1.97. The van der Waals surface area contributed by atoms with Crippen LogP contribution in [0.25, 0.3) is 11.0 Å². The Bertz CT molecular complexity index is 520. The van der Waals surface area contributed by atoms with Crippen LogP contribution in [0.2, 0.25) is 0 Å². The van der Waals surface area contributed by atoms with Gasteiger partial charge in [0.1, 0.15) is 12.1 Å². The second-order valence-electron chi connectivity index (χ2n) is 5.12. The van der Waals surface area contributed by atoms with E-state index in [0.29, 0.717) is 6.04 Å². The Morgan fingerprint density at radius 1 is 1.26 bits per heavy atom. The first-order chi connectivity index (χ1) is 9.22. The summed E-state index contributed by atoms with van der Waals surface area (Å²) in [5.41, 5.74) is 0.871. The van der Waals surface area contributed by atoms with Gasteiger partial charge < -0.3 is 5.32 Å². The van der Waals surface area contributed by atoms with Gasteiger partial charge in [0.2, 0.25) is 0 Å². The van der Waals surface area contributed by atoms with Crippen LogP contribution in [0.4, 0.5) is 5.82 Å². The summed E-state index contributed by atoms with van der Waals surface area (Å²) < 4.78 is 1.77. The van der Waals surface area contributed by atoms with E-state index in [1.165, 1.54) is 32.1 Å². The zero-order valence-corrected chi connectivity index (χ0v) is 12.1. The highest BCUT2D eigenvalue weighted by Crippen LogP contribution is 2.19. The average Bonchev–Trinajstić information content (AvgIpc) is 2.78. The monoisotopic (exact) mass is 261 g/mol. The number of aryl methyl sites for hydroxylation is 1. The van der Waals surface area contributed by atoms with E-state index in [1.807, 2.05) is 13.2 Å². The van der Waals surface area contributed by atoms with Crippen molar-refractivity contribution in [1.29, 1.82) is 0 Å². The molecule has 0 saturated heterocycles. The Morgan fingerprint density at radius 2 is 2.11 bits per heavy atom. The van der Waals surface area contributed by atoms with Gasteiger partial charge >= 0.3 is 0 Å². The molecule has 0 amide bonds. The summed E-state index contributed by atoms with van der Waals surface area (Å²) in [5, 5.41) is 8.69. The predicted molar refractivity (Wildman–Crippen MR) is 78.1 cm³/mol. The molecule has 0 aromatic carbocycles. The molecule has 5 heteroatoms. The first-order valence-electron chi connectivity index (χ1n) is 7.11. The minimum absolute atomic E-state index is 0.426. The highest BCUT2D eigenvalue weighted by Gasteiger charge is 2.09. The van der Waals surface area contributed by atoms with Crippen LogP contribution in [0.1, 0.15) is 46.0 Å². The molecule has 19 heavy (non-hydrogen) atoms. The first-order valence-corrected chi connectivity index (χ1v) is 7.11. The summed E-state index contributed by atoms with van der Waals surface area (Å²) in [5.74, 6) is 0.890. The van der Waals surface area contributed by atoms with Gasteiger partial charge in [-0.2, -0.15) is 5.10 Å². The second-order valence-corrected chi connectivity index (χ2v) is 5.12. The Hall–Kier alpha value is -1.65. The number of hydrogen-bond donors (Lipinski definition) is 1. The molecule has 1 atom stereocenters. The number of rotatable bonds is 7. The van der Waals surface area contributed by atoms with Gasteiger partial charge in [0, 0.05) is 13.1 Å². The van der Waals surface area contributed by atoms with Gasteiger partial charge in [-0.3, -0.25) is 4.68 Å². The van der Waals surface area contributed by atoms with E-state index in [2.05, 4.69) is 34.2 Å². The van der Waals surface area contributed by atoms with Crippen molar-refractivity contribution in [1.82, 2.24) is 19.7 Å². The predicted octanol–water partition coefficient (Wildman–Crippen LogP) is 3.13. The second kappa shape index (κ2) is 6.50. The smallest absolute Gasteiger partial charge is 0.163 e. The van der Waals surface area contributed by atoms with Crippen LogP contribution < -0.4 is 5.32 Å². The van der Waals surface area contributed by atoms with E-state index in [-0.39, 0.29) is 0 Å². The third kappa shape index (κ3) is 3.43. The topological polar surface area (TPSA) is 55.6 Å². The van der Waals surface area contributed by atoms with Gasteiger partial charge in [-0.05, 0) is 13.3 Å². The summed E-state index contributed by atoms with van der Waals surface area (Å²) >= 11 is 0. The number of hydrogen-bond acceptors (Lipinski definition) is 4. The van der Waals surface area contributed by atoms with Crippen LogP contribution in [-0.4, -0.2) is 25.8 Å². The van der Waals surface area contributed by atoms with Gasteiger partial charge in [0.05, 0.1) is 11.6 Å². The van der Waals surface area contributed by atoms with E-state index >= 15 is 0 Å². The fraction of sp³-hybridized carbons (Fsp3) is 0.643. The fourth-order valence-corrected chi connectivity index (χ4v) is 2.26. The number of anilines is 1. The normalized spacial score (nSPS) is 12.8. The third-order valence-electron chi connectivity index (χ3n) is 3.40. The molecule has 0 aliphatic carbocycles. The Kier molecular flexibility index (Phi) is 4.71. The number of aromatic nitrogens is 4. The molecule has 0 aliphatic rings. The molecule has 2 aromatic heterocycles. The largest absolute Gasteiger partial charge is 0.367 e. The third-order valence-corrected chi connectivity index (χ3v) is 3.40. The summed E-state index contributed by atoms with van der Waals surface area (Å²) in [7, 11) is 1.90. The lowest BCUT2D eigenvalue weighted by Gasteiger charge is -2.14.